The molecule has 0 amide bonds. The number of nitro benzene ring substituents is 3. The summed E-state index contributed by atoms with van der Waals surface area (Å²) in [6.45, 7) is 5.86. The van der Waals surface area contributed by atoms with Crippen LogP contribution in [0.1, 0.15) is 14.6 Å². The summed E-state index contributed by atoms with van der Waals surface area (Å²) in [6, 6.07) is 18.1. The smallest absolute Gasteiger partial charge is 0.269 e. The lowest BCUT2D eigenvalue weighted by Gasteiger charge is -2.07. The van der Waals surface area contributed by atoms with Crippen LogP contribution in [0.4, 0.5) is 49.5 Å². The van der Waals surface area contributed by atoms with E-state index in [0.717, 1.165) is 14.6 Å². The summed E-state index contributed by atoms with van der Waals surface area (Å²) in [7, 11) is 0. The van der Waals surface area contributed by atoms with Crippen molar-refractivity contribution in [3.05, 3.63) is 136 Å². The fourth-order valence-corrected chi connectivity index (χ4v) is 6.86. The third-order valence-corrected chi connectivity index (χ3v) is 9.63. The third kappa shape index (κ3) is 15.1. The maximum Gasteiger partial charge on any atom is 0.269 e. The first-order valence-corrected chi connectivity index (χ1v) is 19.6. The molecule has 24 heteroatoms. The molecule has 57 heavy (non-hydrogen) atoms. The van der Waals surface area contributed by atoms with Gasteiger partial charge in [-0.25, -0.2) is 15.0 Å². The van der Waals surface area contributed by atoms with E-state index in [4.69, 9.17) is 36.7 Å². The molecular formula is C33H30N12O6S6. The van der Waals surface area contributed by atoms with Gasteiger partial charge in [0.25, 0.3) is 17.1 Å². The number of thiazole rings is 3. The molecule has 0 aliphatic carbocycles. The highest BCUT2D eigenvalue weighted by atomic mass is 32.1. The van der Waals surface area contributed by atoms with Crippen LogP contribution in [0, 0.1) is 51.1 Å². The van der Waals surface area contributed by atoms with Crippen LogP contribution in [-0.2, 0) is 0 Å². The predicted molar refractivity (Wildman–Crippen MR) is 239 cm³/mol. The van der Waals surface area contributed by atoms with Gasteiger partial charge < -0.3 is 31.9 Å². The number of non-ortho nitro benzene ring substituents is 3. The lowest BCUT2D eigenvalue weighted by molar-refractivity contribution is -0.385. The molecule has 3 heterocycles. The van der Waals surface area contributed by atoms with Gasteiger partial charge in [-0.1, -0.05) is 0 Å². The Morgan fingerprint density at radius 3 is 0.860 bits per heavy atom. The van der Waals surface area contributed by atoms with Crippen molar-refractivity contribution in [2.24, 2.45) is 0 Å². The van der Waals surface area contributed by atoms with Crippen LogP contribution in [-0.4, -0.2) is 45.1 Å². The molecule has 0 bridgehead atoms. The van der Waals surface area contributed by atoms with Crippen LogP contribution in [0.3, 0.4) is 0 Å². The lowest BCUT2D eigenvalue weighted by atomic mass is 10.3. The molecule has 3 aromatic carbocycles. The van der Waals surface area contributed by atoms with Gasteiger partial charge in [-0.2, -0.15) is 0 Å². The van der Waals surface area contributed by atoms with Gasteiger partial charge in [0, 0.05) is 86.7 Å². The van der Waals surface area contributed by atoms with E-state index in [9.17, 15) is 30.3 Å². The fourth-order valence-electron chi connectivity index (χ4n) is 4.02. The summed E-state index contributed by atoms with van der Waals surface area (Å²) < 4.78 is 0. The van der Waals surface area contributed by atoms with Gasteiger partial charge in [0.1, 0.15) is 0 Å². The Morgan fingerprint density at radius 1 is 0.456 bits per heavy atom. The first-order valence-electron chi connectivity index (χ1n) is 15.9. The Labute approximate surface area is 352 Å². The minimum Gasteiger partial charge on any atom is -0.332 e. The van der Waals surface area contributed by atoms with Crippen molar-refractivity contribution in [3.8, 4) is 0 Å². The van der Waals surface area contributed by atoms with Crippen molar-refractivity contribution in [3.63, 3.8) is 0 Å². The number of anilines is 6. The zero-order chi connectivity index (χ0) is 41.5. The normalized spacial score (nSPS) is 9.95. The quantitative estimate of drug-likeness (QED) is 0.0450. The highest BCUT2D eigenvalue weighted by Crippen LogP contribution is 2.21. The molecule has 6 rings (SSSR count). The van der Waals surface area contributed by atoms with Crippen LogP contribution in [0.25, 0.3) is 0 Å². The van der Waals surface area contributed by atoms with Crippen molar-refractivity contribution in [1.82, 2.24) is 15.0 Å². The van der Waals surface area contributed by atoms with Crippen LogP contribution in [0.2, 0.25) is 0 Å². The van der Waals surface area contributed by atoms with Gasteiger partial charge >= 0.3 is 0 Å². The number of rotatable bonds is 9. The minimum absolute atomic E-state index is 0.0416. The molecule has 6 aromatic rings. The van der Waals surface area contributed by atoms with Crippen LogP contribution in [0.15, 0.2) is 91.4 Å². The molecule has 0 saturated heterocycles. The second-order valence-corrected chi connectivity index (χ2v) is 15.9. The highest BCUT2D eigenvalue weighted by molar-refractivity contribution is 7.81. The number of aryl methyl sites for hydroxylation is 3. The number of nitrogens with zero attached hydrogens (tertiary/aromatic N) is 6. The SMILES string of the molecule is Cc1cnc(NC(=S)Nc2ccc([N+](=O)[O-])cc2)s1.Cc1cnc(NC(=S)Nc2ccc([N+](=O)[O-])cc2)s1.Cc1cnc(NC(=S)Nc2ccc([N+](=O)[O-])cc2)s1. The summed E-state index contributed by atoms with van der Waals surface area (Å²) in [6.07, 6.45) is 5.25. The van der Waals surface area contributed by atoms with Gasteiger partial charge in [-0.3, -0.25) is 30.3 Å². The molecule has 0 fully saturated rings. The molecule has 0 aliphatic rings. The summed E-state index contributed by atoms with van der Waals surface area (Å²) >= 11 is 19.8. The maximum absolute atomic E-state index is 10.5. The van der Waals surface area contributed by atoms with E-state index < -0.39 is 14.8 Å². The molecule has 0 atom stereocenters. The summed E-state index contributed by atoms with van der Waals surface area (Å²) in [4.78, 5) is 45.8. The first kappa shape index (κ1) is 43.5. The van der Waals surface area contributed by atoms with E-state index in [1.54, 1.807) is 55.0 Å². The monoisotopic (exact) mass is 882 g/mol. The summed E-state index contributed by atoms with van der Waals surface area (Å²) in [5.41, 5.74) is 2.16. The van der Waals surface area contributed by atoms with E-state index in [1.807, 2.05) is 20.8 Å². The average Bonchev–Trinajstić information content (AvgIpc) is 3.89. The second-order valence-electron chi connectivity index (χ2n) is 11.0. The lowest BCUT2D eigenvalue weighted by Crippen LogP contribution is -2.18. The summed E-state index contributed by atoms with van der Waals surface area (Å²) in [5.74, 6) is 0. The van der Waals surface area contributed by atoms with E-state index >= 15 is 0 Å². The Morgan fingerprint density at radius 2 is 0.684 bits per heavy atom. The van der Waals surface area contributed by atoms with Gasteiger partial charge in [0.2, 0.25) is 0 Å². The second kappa shape index (κ2) is 21.2. The van der Waals surface area contributed by atoms with Gasteiger partial charge in [-0.05, 0) is 93.8 Å². The predicted octanol–water partition coefficient (Wildman–Crippen LogP) is 9.51. The number of thiocarbonyl (C=S) groups is 3. The zero-order valence-corrected chi connectivity index (χ0v) is 34.6. The number of hydrogen-bond donors (Lipinski definition) is 6. The number of benzene rings is 3. The molecule has 18 nitrogen and oxygen atoms in total. The van der Waals surface area contributed by atoms with E-state index in [-0.39, 0.29) is 17.1 Å². The Balaban J connectivity index is 0.000000189. The molecule has 0 unspecified atom stereocenters. The average molecular weight is 883 g/mol. The molecular weight excluding hydrogens is 853 g/mol. The summed E-state index contributed by atoms with van der Waals surface area (Å²) in [5, 5.41) is 52.5. The van der Waals surface area contributed by atoms with Crippen LogP contribution < -0.4 is 31.9 Å². The van der Waals surface area contributed by atoms with Gasteiger partial charge in [-0.15, -0.1) is 34.0 Å². The van der Waals surface area contributed by atoms with Crippen molar-refractivity contribution in [2.45, 2.75) is 20.8 Å². The Kier molecular flexibility index (Phi) is 16.2. The highest BCUT2D eigenvalue weighted by Gasteiger charge is 2.09. The van der Waals surface area contributed by atoms with Crippen molar-refractivity contribution >= 4 is 136 Å². The first-order chi connectivity index (χ1) is 27.1. The van der Waals surface area contributed by atoms with Crippen molar-refractivity contribution in [1.29, 1.82) is 0 Å². The number of nitro groups is 3. The largest absolute Gasteiger partial charge is 0.332 e. The number of hydrogen-bond acceptors (Lipinski definition) is 15. The van der Waals surface area contributed by atoms with Gasteiger partial charge in [0.05, 0.1) is 14.8 Å². The van der Waals surface area contributed by atoms with Crippen molar-refractivity contribution in [2.75, 3.05) is 31.9 Å². The molecule has 0 spiro atoms. The fraction of sp³-hybridized carbons (Fsp3) is 0.0909. The Hall–Kier alpha value is -6.18. The molecule has 0 radical (unpaired) electrons. The molecule has 0 aliphatic heterocycles. The topological polar surface area (TPSA) is 240 Å². The van der Waals surface area contributed by atoms with E-state index in [0.29, 0.717) is 47.8 Å². The van der Waals surface area contributed by atoms with Crippen molar-refractivity contribution < 1.29 is 14.8 Å². The van der Waals surface area contributed by atoms with Crippen LogP contribution >= 0.6 is 70.7 Å². The zero-order valence-electron chi connectivity index (χ0n) is 29.7. The molecule has 0 saturated carbocycles. The number of nitrogens with one attached hydrogen (secondary N) is 6. The standard InChI is InChI=1S/3C11H10N4O2S2/c3*1-7-6-12-11(19-7)14-10(18)13-8-2-4-9(5-3-8)15(16)17/h3*2-6H,1H3,(H2,12,13,14,18). The Bertz CT molecular complexity index is 2090. The van der Waals surface area contributed by atoms with Gasteiger partial charge in [0.15, 0.2) is 30.7 Å². The third-order valence-electron chi connectivity index (χ3n) is 6.53. The molecule has 6 N–H and O–H groups in total. The van der Waals surface area contributed by atoms with E-state index in [1.165, 1.54) is 70.4 Å². The number of aromatic nitrogens is 3. The maximum atomic E-state index is 10.5. The molecule has 294 valence electrons. The molecule has 3 aromatic heterocycles. The van der Waals surface area contributed by atoms with E-state index in [2.05, 4.69) is 46.9 Å². The minimum atomic E-state index is -0.446. The van der Waals surface area contributed by atoms with Crippen LogP contribution in [0.5, 0.6) is 0 Å².